The number of carbonyl (C=O) groups is 2. The molecular formula is C15H20N2O2. The molecule has 2 amide bonds. The molecule has 1 saturated carbocycles. The molecule has 0 aromatic rings. The number of imide groups is 1. The zero-order chi connectivity index (χ0) is 13.0. The van der Waals surface area contributed by atoms with Crippen LogP contribution in [0.3, 0.4) is 0 Å². The summed E-state index contributed by atoms with van der Waals surface area (Å²) in [5.74, 6) is 0.857. The number of nitrogens with one attached hydrogen (secondary N) is 1. The predicted molar refractivity (Wildman–Crippen MR) is 70.1 cm³/mol. The first-order chi connectivity index (χ1) is 9.27. The van der Waals surface area contributed by atoms with Gasteiger partial charge in [-0.05, 0) is 50.6 Å². The van der Waals surface area contributed by atoms with E-state index >= 15 is 0 Å². The molecule has 5 atom stereocenters. The molecule has 19 heavy (non-hydrogen) atoms. The second-order valence-corrected chi connectivity index (χ2v) is 6.38. The van der Waals surface area contributed by atoms with Crippen molar-refractivity contribution >= 4 is 11.8 Å². The van der Waals surface area contributed by atoms with Crippen molar-refractivity contribution in [3.63, 3.8) is 0 Å². The van der Waals surface area contributed by atoms with Crippen molar-refractivity contribution in [1.82, 2.24) is 10.2 Å². The molecular weight excluding hydrogens is 240 g/mol. The molecule has 2 heterocycles. The fourth-order valence-electron chi connectivity index (χ4n) is 4.54. The summed E-state index contributed by atoms with van der Waals surface area (Å²) in [6.45, 7) is 1.93. The lowest BCUT2D eigenvalue weighted by Crippen LogP contribution is -2.42. The number of carbonyl (C=O) groups excluding carboxylic acids is 2. The van der Waals surface area contributed by atoms with E-state index in [1.54, 1.807) is 4.90 Å². The quantitative estimate of drug-likeness (QED) is 0.564. The van der Waals surface area contributed by atoms with Crippen molar-refractivity contribution in [1.29, 1.82) is 0 Å². The fourth-order valence-corrected chi connectivity index (χ4v) is 4.54. The van der Waals surface area contributed by atoms with Crippen molar-refractivity contribution in [3.05, 3.63) is 12.2 Å². The molecule has 4 aliphatic rings. The molecule has 2 bridgehead atoms. The van der Waals surface area contributed by atoms with Gasteiger partial charge in [0.2, 0.25) is 11.8 Å². The van der Waals surface area contributed by atoms with Crippen LogP contribution in [-0.4, -0.2) is 35.8 Å². The minimum Gasteiger partial charge on any atom is -0.317 e. The Labute approximate surface area is 113 Å². The number of nitrogens with zero attached hydrogens (tertiary/aromatic N) is 1. The van der Waals surface area contributed by atoms with Gasteiger partial charge in [-0.25, -0.2) is 0 Å². The van der Waals surface area contributed by atoms with Gasteiger partial charge in [-0.15, -0.1) is 0 Å². The summed E-state index contributed by atoms with van der Waals surface area (Å²) in [7, 11) is 0. The molecule has 4 rings (SSSR count). The number of hydrogen-bond acceptors (Lipinski definition) is 3. The van der Waals surface area contributed by atoms with E-state index in [-0.39, 0.29) is 29.7 Å². The monoisotopic (exact) mass is 260 g/mol. The summed E-state index contributed by atoms with van der Waals surface area (Å²) in [5, 5.41) is 3.35. The van der Waals surface area contributed by atoms with Crippen LogP contribution in [-0.2, 0) is 9.59 Å². The van der Waals surface area contributed by atoms with E-state index in [0.29, 0.717) is 11.8 Å². The molecule has 0 radical (unpaired) electrons. The second-order valence-electron chi connectivity index (χ2n) is 6.38. The highest BCUT2D eigenvalue weighted by Crippen LogP contribution is 2.53. The van der Waals surface area contributed by atoms with Gasteiger partial charge >= 0.3 is 0 Å². The molecule has 102 valence electrons. The molecule has 0 spiro atoms. The molecule has 2 saturated heterocycles. The van der Waals surface area contributed by atoms with Crippen LogP contribution in [0.4, 0.5) is 0 Å². The zero-order valence-corrected chi connectivity index (χ0v) is 11.0. The largest absolute Gasteiger partial charge is 0.317 e. The summed E-state index contributed by atoms with van der Waals surface area (Å²) < 4.78 is 0. The number of allylic oxidation sites excluding steroid dienone is 2. The van der Waals surface area contributed by atoms with E-state index in [1.165, 1.54) is 0 Å². The lowest BCUT2D eigenvalue weighted by molar-refractivity contribution is -0.143. The Hall–Kier alpha value is -1.16. The van der Waals surface area contributed by atoms with Gasteiger partial charge in [0.05, 0.1) is 11.8 Å². The second kappa shape index (κ2) is 4.17. The Bertz CT molecular complexity index is 421. The van der Waals surface area contributed by atoms with Crippen LogP contribution in [0.5, 0.6) is 0 Å². The van der Waals surface area contributed by atoms with Crippen molar-refractivity contribution in [2.75, 3.05) is 13.1 Å². The van der Waals surface area contributed by atoms with E-state index in [4.69, 9.17) is 0 Å². The van der Waals surface area contributed by atoms with E-state index in [1.807, 2.05) is 0 Å². The first-order valence-corrected chi connectivity index (χ1v) is 7.53. The van der Waals surface area contributed by atoms with Crippen LogP contribution in [0, 0.1) is 23.7 Å². The third-order valence-corrected chi connectivity index (χ3v) is 5.41. The molecule has 4 nitrogen and oxygen atoms in total. The maximum Gasteiger partial charge on any atom is 0.233 e. The predicted octanol–water partition coefficient (Wildman–Crippen LogP) is 0.936. The molecule has 2 aliphatic carbocycles. The summed E-state index contributed by atoms with van der Waals surface area (Å²) in [5.41, 5.74) is 0. The highest BCUT2D eigenvalue weighted by atomic mass is 16.2. The number of hydrogen-bond donors (Lipinski definition) is 1. The normalized spacial score (nSPS) is 44.8. The SMILES string of the molecule is O=C1C2C3C=CC(C3)C2C(=O)N1C1CCCNCC1. The summed E-state index contributed by atoms with van der Waals surface area (Å²) in [4.78, 5) is 26.9. The Morgan fingerprint density at radius 2 is 1.68 bits per heavy atom. The van der Waals surface area contributed by atoms with Crippen molar-refractivity contribution in [3.8, 4) is 0 Å². The lowest BCUT2D eigenvalue weighted by atomic mass is 9.85. The van der Waals surface area contributed by atoms with E-state index in [9.17, 15) is 9.59 Å². The minimum absolute atomic E-state index is 0.0290. The maximum atomic E-state index is 12.6. The van der Waals surface area contributed by atoms with Gasteiger partial charge in [0.25, 0.3) is 0 Å². The van der Waals surface area contributed by atoms with Crippen molar-refractivity contribution in [2.24, 2.45) is 23.7 Å². The fraction of sp³-hybridized carbons (Fsp3) is 0.733. The third kappa shape index (κ3) is 1.55. The summed E-state index contributed by atoms with van der Waals surface area (Å²) in [6, 6.07) is 0.139. The molecule has 0 aromatic heterocycles. The average molecular weight is 260 g/mol. The highest BCUT2D eigenvalue weighted by Gasteiger charge is 2.60. The van der Waals surface area contributed by atoms with Gasteiger partial charge in [0.1, 0.15) is 0 Å². The van der Waals surface area contributed by atoms with Crippen LogP contribution in [0.25, 0.3) is 0 Å². The summed E-state index contributed by atoms with van der Waals surface area (Å²) >= 11 is 0. The number of fused-ring (bicyclic) bond motifs is 5. The Balaban J connectivity index is 1.61. The van der Waals surface area contributed by atoms with Gasteiger partial charge in [-0.2, -0.15) is 0 Å². The van der Waals surface area contributed by atoms with Crippen LogP contribution >= 0.6 is 0 Å². The number of amides is 2. The summed E-state index contributed by atoms with van der Waals surface area (Å²) in [6.07, 6.45) is 8.28. The van der Waals surface area contributed by atoms with E-state index in [0.717, 1.165) is 38.8 Å². The van der Waals surface area contributed by atoms with Crippen molar-refractivity contribution in [2.45, 2.75) is 31.7 Å². The topological polar surface area (TPSA) is 49.4 Å². The third-order valence-electron chi connectivity index (χ3n) is 5.41. The Morgan fingerprint density at radius 3 is 2.37 bits per heavy atom. The van der Waals surface area contributed by atoms with E-state index in [2.05, 4.69) is 17.5 Å². The molecule has 5 unspecified atom stereocenters. The Kier molecular flexibility index (Phi) is 2.56. The van der Waals surface area contributed by atoms with Gasteiger partial charge in [0, 0.05) is 6.04 Å². The zero-order valence-electron chi connectivity index (χ0n) is 11.0. The van der Waals surface area contributed by atoms with Crippen LogP contribution in [0.15, 0.2) is 12.2 Å². The van der Waals surface area contributed by atoms with Gasteiger partial charge in [-0.1, -0.05) is 12.2 Å². The number of rotatable bonds is 1. The first-order valence-electron chi connectivity index (χ1n) is 7.53. The van der Waals surface area contributed by atoms with Gasteiger partial charge in [0.15, 0.2) is 0 Å². The molecule has 1 N–H and O–H groups in total. The molecule has 4 heteroatoms. The smallest absolute Gasteiger partial charge is 0.233 e. The highest BCUT2D eigenvalue weighted by molar-refractivity contribution is 6.06. The first kappa shape index (κ1) is 11.6. The van der Waals surface area contributed by atoms with Crippen LogP contribution in [0.1, 0.15) is 25.7 Å². The van der Waals surface area contributed by atoms with Gasteiger partial charge < -0.3 is 5.32 Å². The van der Waals surface area contributed by atoms with Crippen LogP contribution in [0.2, 0.25) is 0 Å². The van der Waals surface area contributed by atoms with Crippen LogP contribution < -0.4 is 5.32 Å². The molecule has 0 aromatic carbocycles. The average Bonchev–Trinajstić information content (AvgIpc) is 3.00. The minimum atomic E-state index is -0.0290. The lowest BCUT2D eigenvalue weighted by Gasteiger charge is -2.26. The van der Waals surface area contributed by atoms with Crippen molar-refractivity contribution < 1.29 is 9.59 Å². The number of likely N-dealkylation sites (tertiary alicyclic amines) is 1. The maximum absolute atomic E-state index is 12.6. The molecule has 3 fully saturated rings. The Morgan fingerprint density at radius 1 is 1.00 bits per heavy atom. The van der Waals surface area contributed by atoms with Gasteiger partial charge in [-0.3, -0.25) is 14.5 Å². The van der Waals surface area contributed by atoms with E-state index < -0.39 is 0 Å². The molecule has 2 aliphatic heterocycles. The standard InChI is InChI=1S/C15H20N2O2/c18-14-12-9-3-4-10(8-9)13(12)15(19)17(14)11-2-1-6-16-7-5-11/h3-4,9-13,16H,1-2,5-8H2.